The second-order valence-corrected chi connectivity index (χ2v) is 2.47. The molecule has 80 valence electrons. The maximum absolute atomic E-state index is 11.6. The Morgan fingerprint density at radius 1 is 1.27 bits per heavy atom. The number of aldehydes is 1. The molecule has 0 aromatic heterocycles. The first-order valence-electron chi connectivity index (χ1n) is 3.84. The van der Waals surface area contributed by atoms with Crippen LogP contribution in [0.5, 0.6) is 0 Å². The topological polar surface area (TPSA) is 38.7 Å². The van der Waals surface area contributed by atoms with Crippen molar-refractivity contribution in [3.8, 4) is 0 Å². The van der Waals surface area contributed by atoms with Crippen LogP contribution in [0.15, 0.2) is 29.3 Å². The number of hydrogen-bond acceptors (Lipinski definition) is 3. The van der Waals surface area contributed by atoms with Gasteiger partial charge in [0.15, 0.2) is 12.7 Å². The number of hydrogen-bond donors (Lipinski definition) is 0. The minimum absolute atomic E-state index is 0.122. The number of ether oxygens (including phenoxy) is 1. The van der Waals surface area contributed by atoms with Gasteiger partial charge in [-0.05, 0) is 12.1 Å². The van der Waals surface area contributed by atoms with Crippen LogP contribution in [0.2, 0.25) is 0 Å². The first kappa shape index (κ1) is 11.2. The summed E-state index contributed by atoms with van der Waals surface area (Å²) in [5, 5.41) is 0. The van der Waals surface area contributed by atoms with E-state index in [1.165, 1.54) is 12.1 Å². The molecular weight excluding hydrogens is 211 g/mol. The van der Waals surface area contributed by atoms with Gasteiger partial charge < -0.3 is 4.74 Å². The number of benzene rings is 1. The summed E-state index contributed by atoms with van der Waals surface area (Å²) < 4.78 is 38.0. The van der Waals surface area contributed by atoms with Gasteiger partial charge >= 0.3 is 6.36 Å². The summed E-state index contributed by atoms with van der Waals surface area (Å²) in [6.45, 7) is 0. The van der Waals surface area contributed by atoms with Gasteiger partial charge in [0.1, 0.15) is 0 Å². The Morgan fingerprint density at radius 3 is 2.53 bits per heavy atom. The van der Waals surface area contributed by atoms with Crippen molar-refractivity contribution in [3.05, 3.63) is 29.8 Å². The molecule has 3 nitrogen and oxygen atoms in total. The van der Waals surface area contributed by atoms with Crippen LogP contribution in [0.25, 0.3) is 0 Å². The molecule has 1 aromatic rings. The molecule has 0 aliphatic carbocycles. The molecule has 15 heavy (non-hydrogen) atoms. The van der Waals surface area contributed by atoms with Crippen molar-refractivity contribution in [3.63, 3.8) is 0 Å². The molecule has 0 fully saturated rings. The van der Waals surface area contributed by atoms with E-state index in [2.05, 4.69) is 9.73 Å². The third-order valence-electron chi connectivity index (χ3n) is 1.44. The largest absolute Gasteiger partial charge is 0.573 e. The smallest absolute Gasteiger partial charge is 0.395 e. The number of alkyl halides is 3. The van der Waals surface area contributed by atoms with Gasteiger partial charge in [-0.2, -0.15) is 0 Å². The molecule has 0 amide bonds. The van der Waals surface area contributed by atoms with Gasteiger partial charge in [0, 0.05) is 5.56 Å². The predicted octanol–water partition coefficient (Wildman–Crippen LogP) is 2.70. The summed E-state index contributed by atoms with van der Waals surface area (Å²) in [6, 6.07) is 5.97. The highest BCUT2D eigenvalue weighted by atomic mass is 19.4. The molecule has 0 heterocycles. The fourth-order valence-electron chi connectivity index (χ4n) is 0.848. The van der Waals surface area contributed by atoms with Gasteiger partial charge in [0.2, 0.25) is 0 Å². The van der Waals surface area contributed by atoms with Crippen LogP contribution in [-0.4, -0.2) is 19.0 Å². The summed E-state index contributed by atoms with van der Waals surface area (Å²) >= 11 is 0. The van der Waals surface area contributed by atoms with E-state index in [1.54, 1.807) is 12.1 Å². The molecule has 0 aliphatic rings. The van der Waals surface area contributed by atoms with Crippen LogP contribution >= 0.6 is 0 Å². The summed E-state index contributed by atoms with van der Waals surface area (Å²) in [4.78, 5) is 13.8. The monoisotopic (exact) mass is 217 g/mol. The van der Waals surface area contributed by atoms with Crippen molar-refractivity contribution in [1.82, 2.24) is 0 Å². The van der Waals surface area contributed by atoms with Gasteiger partial charge in [0.05, 0.1) is 5.69 Å². The zero-order chi connectivity index (χ0) is 11.3. The fraction of sp³-hybridized carbons (Fsp3) is 0.111. The zero-order valence-electron chi connectivity index (χ0n) is 7.36. The third-order valence-corrected chi connectivity index (χ3v) is 1.44. The molecule has 0 aliphatic heterocycles. The average Bonchev–Trinajstić information content (AvgIpc) is 2.16. The number of carbonyl (C=O) groups excluding carboxylic acids is 1. The van der Waals surface area contributed by atoms with Crippen LogP contribution in [0.4, 0.5) is 18.9 Å². The van der Waals surface area contributed by atoms with Crippen molar-refractivity contribution < 1.29 is 22.7 Å². The molecule has 0 spiro atoms. The van der Waals surface area contributed by atoms with E-state index in [9.17, 15) is 18.0 Å². The summed E-state index contributed by atoms with van der Waals surface area (Å²) in [6.07, 6.45) is -4.01. The van der Waals surface area contributed by atoms with Crippen LogP contribution in [-0.2, 0) is 4.74 Å². The van der Waals surface area contributed by atoms with Crippen molar-refractivity contribution in [2.75, 3.05) is 0 Å². The molecule has 0 atom stereocenters. The molecule has 0 N–H and O–H groups in total. The van der Waals surface area contributed by atoms with Crippen LogP contribution in [0.1, 0.15) is 10.4 Å². The molecule has 0 bridgehead atoms. The molecule has 1 aromatic carbocycles. The second-order valence-electron chi connectivity index (χ2n) is 2.47. The van der Waals surface area contributed by atoms with E-state index in [4.69, 9.17) is 0 Å². The fourth-order valence-corrected chi connectivity index (χ4v) is 0.848. The van der Waals surface area contributed by atoms with E-state index >= 15 is 0 Å². The minimum Gasteiger partial charge on any atom is -0.395 e. The van der Waals surface area contributed by atoms with Gasteiger partial charge in [-0.1, -0.05) is 12.1 Å². The van der Waals surface area contributed by atoms with Gasteiger partial charge in [-0.3, -0.25) is 4.79 Å². The van der Waals surface area contributed by atoms with Crippen molar-refractivity contribution in [2.24, 2.45) is 4.99 Å². The van der Waals surface area contributed by atoms with Crippen LogP contribution in [0, 0.1) is 0 Å². The highest BCUT2D eigenvalue weighted by molar-refractivity contribution is 5.83. The lowest BCUT2D eigenvalue weighted by Crippen LogP contribution is -2.11. The van der Waals surface area contributed by atoms with Gasteiger partial charge in [-0.25, -0.2) is 4.99 Å². The quantitative estimate of drug-likeness (QED) is 0.443. The first-order valence-corrected chi connectivity index (χ1v) is 3.84. The Hall–Kier alpha value is -1.85. The Morgan fingerprint density at radius 2 is 1.93 bits per heavy atom. The number of rotatable bonds is 3. The Bertz CT molecular complexity index is 374. The molecule has 0 unspecified atom stereocenters. The third kappa shape index (κ3) is 3.80. The Labute approximate surface area is 83.2 Å². The first-order chi connectivity index (χ1) is 7.03. The van der Waals surface area contributed by atoms with E-state index in [0.29, 0.717) is 6.29 Å². The Kier molecular flexibility index (Phi) is 3.43. The van der Waals surface area contributed by atoms with Crippen LogP contribution in [0.3, 0.4) is 0 Å². The number of aliphatic imine (C=N–C) groups is 1. The van der Waals surface area contributed by atoms with Crippen molar-refractivity contribution in [1.29, 1.82) is 0 Å². The second kappa shape index (κ2) is 4.59. The number of nitrogens with zero attached hydrogens (tertiary/aromatic N) is 1. The van der Waals surface area contributed by atoms with E-state index in [0.717, 1.165) is 0 Å². The standard InChI is InChI=1S/C9H6F3NO2/c10-9(11,12)15-6-13-8-4-2-1-3-7(8)5-14/h1-6H. The Balaban J connectivity index is 2.76. The lowest BCUT2D eigenvalue weighted by Gasteiger charge is -2.02. The molecule has 1 rings (SSSR count). The van der Waals surface area contributed by atoms with Crippen LogP contribution < -0.4 is 0 Å². The summed E-state index contributed by atoms with van der Waals surface area (Å²) in [5.41, 5.74) is 0.316. The summed E-state index contributed by atoms with van der Waals surface area (Å²) in [7, 11) is 0. The zero-order valence-corrected chi connectivity index (χ0v) is 7.36. The van der Waals surface area contributed by atoms with E-state index in [1.807, 2.05) is 0 Å². The molecular formula is C9H6F3NO2. The van der Waals surface area contributed by atoms with E-state index < -0.39 is 6.36 Å². The maximum Gasteiger partial charge on any atom is 0.573 e. The maximum atomic E-state index is 11.6. The van der Waals surface area contributed by atoms with Gasteiger partial charge in [0.25, 0.3) is 0 Å². The highest BCUT2D eigenvalue weighted by Gasteiger charge is 2.29. The number of carbonyl (C=O) groups is 1. The predicted molar refractivity (Wildman–Crippen MR) is 47.1 cm³/mol. The SMILES string of the molecule is O=Cc1ccccc1N=COC(F)(F)F. The minimum atomic E-state index is -4.76. The number of halogens is 3. The average molecular weight is 217 g/mol. The number of para-hydroxylation sites is 1. The summed E-state index contributed by atoms with van der Waals surface area (Å²) in [5.74, 6) is 0. The van der Waals surface area contributed by atoms with Gasteiger partial charge in [-0.15, -0.1) is 13.2 Å². The van der Waals surface area contributed by atoms with Crippen molar-refractivity contribution in [2.45, 2.75) is 6.36 Å². The molecule has 0 saturated carbocycles. The van der Waals surface area contributed by atoms with E-state index in [-0.39, 0.29) is 17.7 Å². The molecule has 0 radical (unpaired) electrons. The molecule has 0 saturated heterocycles. The van der Waals surface area contributed by atoms with Crippen molar-refractivity contribution >= 4 is 18.4 Å². The normalized spacial score (nSPS) is 11.7. The highest BCUT2D eigenvalue weighted by Crippen LogP contribution is 2.18. The molecule has 6 heteroatoms. The lowest BCUT2D eigenvalue weighted by molar-refractivity contribution is -0.280. The lowest BCUT2D eigenvalue weighted by atomic mass is 10.2.